The highest BCUT2D eigenvalue weighted by Crippen LogP contribution is 2.48. The second-order valence-corrected chi connectivity index (χ2v) is 27.3. The summed E-state index contributed by atoms with van der Waals surface area (Å²) in [5.74, 6) is -3.03. The van der Waals surface area contributed by atoms with Crippen LogP contribution in [0.4, 0.5) is 26.7 Å². The van der Waals surface area contributed by atoms with Crippen molar-refractivity contribution in [3.05, 3.63) is 136 Å². The number of alkyl halides is 2. The van der Waals surface area contributed by atoms with Gasteiger partial charge in [-0.05, 0) is 64.6 Å². The SMILES string of the molecule is COCCN(CCN(CCOC)C(=O)Oc1cc2c(c3ccccc13)[C@H](CCl)CN2C(=O)c1ccc(C(=O)N2C[C@@H](CCl)c3c2cc(O)c2ccccc32)s1)C(=O)OCc1ccc(NC(=O)[C@H](C)NC(=O)C(NC(=O)CCOCCOCCOCCOCCOCCOCCN2C(=O)C=CC2=O)C(C)C)cc1. The smallest absolute Gasteiger partial charge is 0.415 e. The number of rotatable bonds is 43. The summed E-state index contributed by atoms with van der Waals surface area (Å²) in [6.45, 7) is 9.72. The van der Waals surface area contributed by atoms with Gasteiger partial charge in [0.1, 0.15) is 30.2 Å². The summed E-state index contributed by atoms with van der Waals surface area (Å²) in [7, 11) is 2.99. The molecule has 576 valence electrons. The molecule has 1 unspecified atom stereocenters. The number of amides is 9. The van der Waals surface area contributed by atoms with Crippen LogP contribution in [0.3, 0.4) is 0 Å². The first-order valence-electron chi connectivity index (χ1n) is 35.4. The van der Waals surface area contributed by atoms with E-state index < -0.39 is 42.0 Å². The minimum atomic E-state index is -0.996. The van der Waals surface area contributed by atoms with Gasteiger partial charge in [-0.25, -0.2) is 9.59 Å². The van der Waals surface area contributed by atoms with Crippen LogP contribution in [0.1, 0.15) is 75.1 Å². The molecule has 0 saturated carbocycles. The van der Waals surface area contributed by atoms with Gasteiger partial charge in [-0.1, -0.05) is 74.5 Å². The van der Waals surface area contributed by atoms with Gasteiger partial charge in [-0.3, -0.25) is 38.5 Å². The van der Waals surface area contributed by atoms with E-state index in [2.05, 4.69) is 16.0 Å². The zero-order valence-electron chi connectivity index (χ0n) is 60.6. The number of imide groups is 1. The van der Waals surface area contributed by atoms with E-state index in [4.69, 9.17) is 70.6 Å². The van der Waals surface area contributed by atoms with Crippen LogP contribution < -0.4 is 30.5 Å². The molecule has 31 heteroatoms. The molecular formula is C76H92Cl2N8O20S. The second-order valence-electron chi connectivity index (χ2n) is 25.6. The Balaban J connectivity index is 0.688. The van der Waals surface area contributed by atoms with Gasteiger partial charge in [0.2, 0.25) is 17.7 Å². The van der Waals surface area contributed by atoms with E-state index in [0.29, 0.717) is 103 Å². The summed E-state index contributed by atoms with van der Waals surface area (Å²) in [4.78, 5) is 128. The summed E-state index contributed by atoms with van der Waals surface area (Å²) >= 11 is 14.2. The maximum atomic E-state index is 14.7. The fourth-order valence-corrected chi connectivity index (χ4v) is 13.7. The molecule has 1 aromatic heterocycles. The van der Waals surface area contributed by atoms with Gasteiger partial charge in [0.25, 0.3) is 23.6 Å². The molecule has 107 heavy (non-hydrogen) atoms. The number of ether oxygens (including phenoxy) is 10. The standard InChI is InChI=1S/C76H92Cl2N8O20S/c1-49(2)70(81-65(88)22-28-99-32-34-101-36-38-103-40-41-104-39-37-102-35-33-100-31-27-84-66(89)20-21-67(84)90)72(92)79-50(3)71(91)80-54-16-14-51(15-17-54)48-105-75(95)82(25-29-97-4)23-24-83(26-30-98-5)76(96)106-62-43-60-69(58-13-9-7-11-56(58)62)53(45-78)47-86(60)74(94)64-19-18-63(107-64)73(93)85-46-52(44-77)68-57-12-8-6-10-55(57)61(87)42-59(68)85/h6-21,42-43,49-50,52-53,70,87H,22-41,44-48H2,1-5H3,(H,79,92)(H,80,91)(H,81,88)/t50-,52+,53+,70?/m0/s1. The molecule has 9 amide bonds. The normalized spacial score (nSPS) is 15.1. The van der Waals surface area contributed by atoms with Gasteiger partial charge >= 0.3 is 12.2 Å². The Labute approximate surface area is 634 Å². The van der Waals surface area contributed by atoms with Crippen LogP contribution >= 0.6 is 34.5 Å². The van der Waals surface area contributed by atoms with Crippen LogP contribution in [0.2, 0.25) is 0 Å². The quantitative estimate of drug-likeness (QED) is 0.0158. The number of methoxy groups -OCH3 is 2. The lowest BCUT2D eigenvalue weighted by atomic mass is 9.95. The first-order chi connectivity index (χ1) is 51.8. The highest BCUT2D eigenvalue weighted by atomic mass is 35.5. The number of fused-ring (bicyclic) bond motifs is 6. The fraction of sp³-hybridized carbons (Fsp3) is 0.461. The van der Waals surface area contributed by atoms with Gasteiger partial charge in [-0.15, -0.1) is 34.5 Å². The lowest BCUT2D eigenvalue weighted by Gasteiger charge is -2.27. The number of carbonyl (C=O) groups is 9. The zero-order chi connectivity index (χ0) is 76.4. The van der Waals surface area contributed by atoms with Crippen LogP contribution in [0.25, 0.3) is 21.5 Å². The van der Waals surface area contributed by atoms with Crippen molar-refractivity contribution in [3.8, 4) is 11.5 Å². The molecule has 4 atom stereocenters. The van der Waals surface area contributed by atoms with Crippen molar-refractivity contribution in [2.75, 3.05) is 179 Å². The molecule has 3 aliphatic rings. The Morgan fingerprint density at radius 1 is 0.561 bits per heavy atom. The van der Waals surface area contributed by atoms with Crippen LogP contribution in [-0.4, -0.2) is 250 Å². The topological polar surface area (TPSA) is 318 Å². The number of aromatic hydroxyl groups is 1. The number of anilines is 3. The van der Waals surface area contributed by atoms with Crippen LogP contribution in [0.15, 0.2) is 109 Å². The highest BCUT2D eigenvalue weighted by molar-refractivity contribution is 7.16. The number of halogens is 2. The van der Waals surface area contributed by atoms with Crippen molar-refractivity contribution in [2.45, 2.75) is 57.7 Å². The number of hydrogen-bond acceptors (Lipinski definition) is 21. The average Bonchev–Trinajstić information content (AvgIpc) is 1.62. The third-order valence-electron chi connectivity index (χ3n) is 17.9. The molecule has 0 saturated heterocycles. The van der Waals surface area contributed by atoms with E-state index in [9.17, 15) is 48.3 Å². The van der Waals surface area contributed by atoms with E-state index in [1.807, 2.05) is 48.5 Å². The molecule has 0 radical (unpaired) electrons. The Hall–Kier alpha value is -8.85. The van der Waals surface area contributed by atoms with E-state index in [1.165, 1.54) is 43.1 Å². The van der Waals surface area contributed by atoms with Crippen molar-refractivity contribution in [1.29, 1.82) is 0 Å². The summed E-state index contributed by atoms with van der Waals surface area (Å²) in [5.41, 5.74) is 3.72. The van der Waals surface area contributed by atoms with Crippen molar-refractivity contribution >= 4 is 127 Å². The molecule has 0 bridgehead atoms. The maximum Gasteiger partial charge on any atom is 0.415 e. The number of nitrogens with one attached hydrogen (secondary N) is 3. The summed E-state index contributed by atoms with van der Waals surface area (Å²) in [6.07, 6.45) is 1.00. The lowest BCUT2D eigenvalue weighted by Crippen LogP contribution is -2.53. The molecule has 0 fully saturated rings. The average molecular weight is 1540 g/mol. The summed E-state index contributed by atoms with van der Waals surface area (Å²) in [5, 5.41) is 22.0. The van der Waals surface area contributed by atoms with Crippen LogP contribution in [-0.2, 0) is 73.2 Å². The third-order valence-corrected chi connectivity index (χ3v) is 19.7. The predicted octanol–water partition coefficient (Wildman–Crippen LogP) is 8.46. The maximum absolute atomic E-state index is 14.7. The van der Waals surface area contributed by atoms with Gasteiger partial charge in [0, 0.05) is 124 Å². The molecule has 9 rings (SSSR count). The van der Waals surface area contributed by atoms with Gasteiger partial charge in [0.15, 0.2) is 0 Å². The third kappa shape index (κ3) is 22.4. The van der Waals surface area contributed by atoms with E-state index in [-0.39, 0.29) is 157 Å². The number of carbonyl (C=O) groups excluding carboxylic acids is 9. The largest absolute Gasteiger partial charge is 0.507 e. The Kier molecular flexibility index (Phi) is 31.9. The van der Waals surface area contributed by atoms with Crippen LogP contribution in [0.5, 0.6) is 11.5 Å². The minimum Gasteiger partial charge on any atom is -0.507 e. The van der Waals surface area contributed by atoms with Gasteiger partial charge in [0.05, 0.1) is 120 Å². The molecule has 4 heterocycles. The minimum absolute atomic E-state index is 0.000124. The highest BCUT2D eigenvalue weighted by Gasteiger charge is 2.39. The number of nitrogens with zero attached hydrogens (tertiary/aromatic N) is 5. The van der Waals surface area contributed by atoms with E-state index in [1.54, 1.807) is 72.2 Å². The first-order valence-corrected chi connectivity index (χ1v) is 37.2. The molecule has 5 aromatic carbocycles. The van der Waals surface area contributed by atoms with Crippen molar-refractivity contribution in [1.82, 2.24) is 25.3 Å². The van der Waals surface area contributed by atoms with E-state index >= 15 is 0 Å². The van der Waals surface area contributed by atoms with Crippen molar-refractivity contribution in [3.63, 3.8) is 0 Å². The summed E-state index contributed by atoms with van der Waals surface area (Å²) in [6, 6.07) is 26.0. The lowest BCUT2D eigenvalue weighted by molar-refractivity contribution is -0.137. The number of phenolic OH excluding ortho intramolecular Hbond substituents is 1. The Morgan fingerprint density at radius 2 is 1.04 bits per heavy atom. The molecule has 4 N–H and O–H groups in total. The molecule has 3 aliphatic heterocycles. The Bertz CT molecular complexity index is 4070. The van der Waals surface area contributed by atoms with Gasteiger partial charge < -0.3 is 88.0 Å². The fourth-order valence-electron chi connectivity index (χ4n) is 12.3. The van der Waals surface area contributed by atoms with Crippen LogP contribution in [0, 0.1) is 5.92 Å². The number of benzene rings is 5. The Morgan fingerprint density at radius 3 is 1.55 bits per heavy atom. The molecular weight excluding hydrogens is 1450 g/mol. The van der Waals surface area contributed by atoms with Crippen molar-refractivity contribution < 1.29 is 95.6 Å². The number of thiophene rings is 1. The molecule has 6 aromatic rings. The van der Waals surface area contributed by atoms with Gasteiger partial charge in [-0.2, -0.15) is 0 Å². The molecule has 28 nitrogen and oxygen atoms in total. The molecule has 0 aliphatic carbocycles. The number of phenols is 1. The molecule has 0 spiro atoms. The predicted molar refractivity (Wildman–Crippen MR) is 402 cm³/mol. The first kappa shape index (κ1) is 82.2. The van der Waals surface area contributed by atoms with E-state index in [0.717, 1.165) is 38.1 Å². The number of hydrogen-bond donors (Lipinski definition) is 4. The zero-order valence-corrected chi connectivity index (χ0v) is 62.9. The van der Waals surface area contributed by atoms with Crippen molar-refractivity contribution in [2.24, 2.45) is 5.92 Å². The second kappa shape index (κ2) is 41.5. The monoisotopic (exact) mass is 1540 g/mol. The summed E-state index contributed by atoms with van der Waals surface area (Å²) < 4.78 is 55.7.